The fraction of sp³-hybridized carbons (Fsp3) is 0. The van der Waals surface area contributed by atoms with E-state index in [0.717, 1.165) is 12.1 Å². The zero-order valence-electron chi connectivity index (χ0n) is 11.4. The molecule has 1 amide bonds. The SMILES string of the molecule is NC(=O)c1ccc(F)c(C(=O)c2c[nH]c3ncc(Br)cc23)c1Cl. The molecule has 0 atom stereocenters. The average Bonchev–Trinajstić information content (AvgIpc) is 2.89. The van der Waals surface area contributed by atoms with E-state index >= 15 is 0 Å². The van der Waals surface area contributed by atoms with Gasteiger partial charge in [0.15, 0.2) is 5.78 Å². The third-order valence-electron chi connectivity index (χ3n) is 3.33. The second-order valence-corrected chi connectivity index (χ2v) is 6.02. The number of carbonyl (C=O) groups excluding carboxylic acids is 2. The Morgan fingerprint density at radius 3 is 2.74 bits per heavy atom. The van der Waals surface area contributed by atoms with Crippen molar-refractivity contribution in [2.24, 2.45) is 5.73 Å². The van der Waals surface area contributed by atoms with Crippen LogP contribution in [0.2, 0.25) is 5.02 Å². The van der Waals surface area contributed by atoms with Crippen LogP contribution in [-0.2, 0) is 0 Å². The summed E-state index contributed by atoms with van der Waals surface area (Å²) in [7, 11) is 0. The summed E-state index contributed by atoms with van der Waals surface area (Å²) in [6.07, 6.45) is 2.98. The molecule has 0 aliphatic heterocycles. The summed E-state index contributed by atoms with van der Waals surface area (Å²) in [5, 5.41) is 0.198. The van der Waals surface area contributed by atoms with E-state index in [1.54, 1.807) is 12.3 Å². The lowest BCUT2D eigenvalue weighted by molar-refractivity contribution is 0.100. The van der Waals surface area contributed by atoms with Crippen molar-refractivity contribution >= 4 is 50.3 Å². The topological polar surface area (TPSA) is 88.8 Å². The van der Waals surface area contributed by atoms with Crippen molar-refractivity contribution in [1.82, 2.24) is 9.97 Å². The van der Waals surface area contributed by atoms with Crippen LogP contribution in [0, 0.1) is 5.82 Å². The lowest BCUT2D eigenvalue weighted by Crippen LogP contribution is -2.15. The zero-order valence-corrected chi connectivity index (χ0v) is 13.7. The molecule has 3 rings (SSSR count). The highest BCUT2D eigenvalue weighted by Gasteiger charge is 2.24. The molecule has 0 radical (unpaired) electrons. The molecule has 8 heteroatoms. The number of aromatic amines is 1. The van der Waals surface area contributed by atoms with Crippen molar-refractivity contribution in [2.75, 3.05) is 0 Å². The fourth-order valence-corrected chi connectivity index (χ4v) is 2.91. The molecule has 0 aliphatic rings. The van der Waals surface area contributed by atoms with Crippen molar-refractivity contribution in [3.63, 3.8) is 0 Å². The molecule has 1 aromatic carbocycles. The summed E-state index contributed by atoms with van der Waals surface area (Å²) < 4.78 is 14.8. The highest BCUT2D eigenvalue weighted by molar-refractivity contribution is 9.10. The van der Waals surface area contributed by atoms with E-state index in [1.165, 1.54) is 6.20 Å². The summed E-state index contributed by atoms with van der Waals surface area (Å²) in [5.74, 6) is -2.34. The Balaban J connectivity index is 2.22. The van der Waals surface area contributed by atoms with E-state index in [9.17, 15) is 14.0 Å². The quantitative estimate of drug-likeness (QED) is 0.665. The van der Waals surface area contributed by atoms with Crippen molar-refractivity contribution in [3.05, 3.63) is 62.6 Å². The van der Waals surface area contributed by atoms with Gasteiger partial charge in [0.2, 0.25) is 5.91 Å². The Hall–Kier alpha value is -2.25. The maximum Gasteiger partial charge on any atom is 0.250 e. The summed E-state index contributed by atoms with van der Waals surface area (Å²) >= 11 is 9.27. The third kappa shape index (κ3) is 2.62. The number of H-pyrrole nitrogens is 1. The van der Waals surface area contributed by atoms with Crippen LogP contribution in [0.5, 0.6) is 0 Å². The first kappa shape index (κ1) is 15.6. The molecule has 3 aromatic rings. The van der Waals surface area contributed by atoms with Gasteiger partial charge in [-0.25, -0.2) is 9.37 Å². The lowest BCUT2D eigenvalue weighted by Gasteiger charge is -2.07. The maximum absolute atomic E-state index is 14.1. The van der Waals surface area contributed by atoms with Gasteiger partial charge in [0.25, 0.3) is 0 Å². The fourth-order valence-electron chi connectivity index (χ4n) is 2.25. The monoisotopic (exact) mass is 395 g/mol. The summed E-state index contributed by atoms with van der Waals surface area (Å²) in [6, 6.07) is 3.81. The van der Waals surface area contributed by atoms with Crippen LogP contribution < -0.4 is 5.73 Å². The number of hydrogen-bond donors (Lipinski definition) is 2. The molecule has 0 aliphatic carbocycles. The third-order valence-corrected chi connectivity index (χ3v) is 4.15. The molecule has 2 heterocycles. The number of hydrogen-bond acceptors (Lipinski definition) is 3. The number of fused-ring (bicyclic) bond motifs is 1. The van der Waals surface area contributed by atoms with Crippen LogP contribution in [-0.4, -0.2) is 21.7 Å². The normalized spacial score (nSPS) is 10.9. The molecule has 23 heavy (non-hydrogen) atoms. The minimum absolute atomic E-state index is 0.115. The van der Waals surface area contributed by atoms with Crippen LogP contribution in [0.3, 0.4) is 0 Å². The molecule has 0 saturated heterocycles. The first-order chi connectivity index (χ1) is 10.9. The first-order valence-electron chi connectivity index (χ1n) is 6.35. The van der Waals surface area contributed by atoms with Crippen LogP contribution in [0.1, 0.15) is 26.3 Å². The zero-order chi connectivity index (χ0) is 16.7. The van der Waals surface area contributed by atoms with E-state index < -0.39 is 23.1 Å². The number of amides is 1. The van der Waals surface area contributed by atoms with Gasteiger partial charge in [0.05, 0.1) is 16.1 Å². The van der Waals surface area contributed by atoms with Gasteiger partial charge in [0, 0.05) is 27.8 Å². The molecule has 0 saturated carbocycles. The van der Waals surface area contributed by atoms with E-state index in [4.69, 9.17) is 17.3 Å². The number of aromatic nitrogens is 2. The van der Waals surface area contributed by atoms with Gasteiger partial charge in [0.1, 0.15) is 11.5 Å². The standard InChI is InChI=1S/C15H8BrClFN3O2/c16-6-3-8-9(5-21-15(8)20-4-6)13(22)11-10(18)2-1-7(12(11)17)14(19)23/h1-5H,(H2,19,23)(H,20,21). The summed E-state index contributed by atoms with van der Waals surface area (Å²) in [4.78, 5) is 31.0. The molecule has 0 bridgehead atoms. The number of nitrogens with two attached hydrogens (primary N) is 1. The number of halogens is 3. The number of pyridine rings is 1. The second-order valence-electron chi connectivity index (χ2n) is 4.73. The van der Waals surface area contributed by atoms with Crippen LogP contribution in [0.15, 0.2) is 35.1 Å². The van der Waals surface area contributed by atoms with Crippen molar-refractivity contribution in [2.45, 2.75) is 0 Å². The Morgan fingerprint density at radius 1 is 1.30 bits per heavy atom. The smallest absolute Gasteiger partial charge is 0.250 e. The molecule has 0 unspecified atom stereocenters. The minimum Gasteiger partial charge on any atom is -0.366 e. The average molecular weight is 397 g/mol. The Bertz CT molecular complexity index is 971. The van der Waals surface area contributed by atoms with Gasteiger partial charge >= 0.3 is 0 Å². The Labute approximate surface area is 142 Å². The lowest BCUT2D eigenvalue weighted by atomic mass is 10.0. The van der Waals surface area contributed by atoms with Gasteiger partial charge in [-0.05, 0) is 34.1 Å². The molecular weight excluding hydrogens is 389 g/mol. The summed E-state index contributed by atoms with van der Waals surface area (Å²) in [5.41, 5.74) is 5.33. The molecule has 5 nitrogen and oxygen atoms in total. The number of carbonyl (C=O) groups is 2. The molecule has 3 N–H and O–H groups in total. The van der Waals surface area contributed by atoms with Crippen molar-refractivity contribution < 1.29 is 14.0 Å². The van der Waals surface area contributed by atoms with E-state index in [-0.39, 0.29) is 16.1 Å². The Kier molecular flexibility index (Phi) is 3.91. The van der Waals surface area contributed by atoms with Crippen LogP contribution in [0.4, 0.5) is 4.39 Å². The molecule has 0 spiro atoms. The number of rotatable bonds is 3. The van der Waals surface area contributed by atoms with E-state index in [2.05, 4.69) is 25.9 Å². The molecular formula is C15H8BrClFN3O2. The van der Waals surface area contributed by atoms with Gasteiger partial charge in [-0.2, -0.15) is 0 Å². The maximum atomic E-state index is 14.1. The molecule has 116 valence electrons. The van der Waals surface area contributed by atoms with Crippen molar-refractivity contribution in [3.8, 4) is 0 Å². The predicted molar refractivity (Wildman–Crippen MR) is 87.2 cm³/mol. The van der Waals surface area contributed by atoms with Gasteiger partial charge in [-0.3, -0.25) is 9.59 Å². The number of nitrogens with one attached hydrogen (secondary N) is 1. The highest BCUT2D eigenvalue weighted by Crippen LogP contribution is 2.29. The van der Waals surface area contributed by atoms with Gasteiger partial charge < -0.3 is 10.7 Å². The second kappa shape index (κ2) is 5.75. The molecule has 0 fully saturated rings. The van der Waals surface area contributed by atoms with Crippen molar-refractivity contribution in [1.29, 1.82) is 0 Å². The van der Waals surface area contributed by atoms with E-state index in [0.29, 0.717) is 15.5 Å². The summed E-state index contributed by atoms with van der Waals surface area (Å²) in [6.45, 7) is 0. The number of primary amides is 1. The number of ketones is 1. The van der Waals surface area contributed by atoms with Crippen LogP contribution >= 0.6 is 27.5 Å². The number of nitrogens with zero attached hydrogens (tertiary/aromatic N) is 1. The van der Waals surface area contributed by atoms with E-state index in [1.807, 2.05) is 0 Å². The highest BCUT2D eigenvalue weighted by atomic mass is 79.9. The molecule has 2 aromatic heterocycles. The van der Waals surface area contributed by atoms with Gasteiger partial charge in [-0.15, -0.1) is 0 Å². The first-order valence-corrected chi connectivity index (χ1v) is 7.52. The van der Waals surface area contributed by atoms with Crippen LogP contribution in [0.25, 0.3) is 11.0 Å². The minimum atomic E-state index is -0.840. The van der Waals surface area contributed by atoms with Gasteiger partial charge in [-0.1, -0.05) is 11.6 Å². The Morgan fingerprint density at radius 2 is 2.04 bits per heavy atom. The number of benzene rings is 1. The largest absolute Gasteiger partial charge is 0.366 e. The predicted octanol–water partition coefficient (Wildman–Crippen LogP) is 3.45.